The number of benzene rings is 2. The van der Waals surface area contributed by atoms with E-state index < -0.39 is 29.9 Å². The van der Waals surface area contributed by atoms with Gasteiger partial charge < -0.3 is 4.74 Å². The lowest BCUT2D eigenvalue weighted by molar-refractivity contribution is -0.126. The van der Waals surface area contributed by atoms with Crippen molar-refractivity contribution in [3.8, 4) is 0 Å². The van der Waals surface area contributed by atoms with Gasteiger partial charge in [0.2, 0.25) is 5.91 Å². The van der Waals surface area contributed by atoms with Crippen molar-refractivity contribution in [2.24, 2.45) is 5.92 Å². The van der Waals surface area contributed by atoms with Gasteiger partial charge in [-0.2, -0.15) is 0 Å². The van der Waals surface area contributed by atoms with Crippen LogP contribution in [0, 0.1) is 26.7 Å². The summed E-state index contributed by atoms with van der Waals surface area (Å²) in [5, 5.41) is 1.96. The molecule has 0 aliphatic carbocycles. The molecule has 3 unspecified atom stereocenters. The third-order valence-corrected chi connectivity index (χ3v) is 7.70. The minimum absolute atomic E-state index is 0.249. The molecule has 2 saturated heterocycles. The number of hydrogen-bond acceptors (Lipinski definition) is 7. The molecule has 0 radical (unpaired) electrons. The van der Waals surface area contributed by atoms with Gasteiger partial charge in [0.15, 0.2) is 6.10 Å². The normalized spacial score (nSPS) is 21.8. The fourth-order valence-corrected chi connectivity index (χ4v) is 5.78. The molecule has 3 atom stereocenters. The van der Waals surface area contributed by atoms with Crippen LogP contribution in [0.15, 0.2) is 54.6 Å². The van der Waals surface area contributed by atoms with E-state index in [4.69, 9.17) is 9.57 Å². The molecule has 174 valence electrons. The summed E-state index contributed by atoms with van der Waals surface area (Å²) in [5.41, 5.74) is 3.67. The standard InChI is InChI=1S/C26H24N2O5S/c1-14-10-12-17(13-11-14)21-20-22(33-28(21)18-8-6-5-7-9-18)24(30)27(23(20)29)25-19(26(31)32-4)15(2)16(3)34-25/h5-13,20-22H,1-4H3. The molecule has 2 aliphatic rings. The highest BCUT2D eigenvalue weighted by Crippen LogP contribution is 2.49. The maximum Gasteiger partial charge on any atom is 0.341 e. The zero-order valence-corrected chi connectivity index (χ0v) is 20.1. The SMILES string of the molecule is COC(=O)c1c(N2C(=O)C3ON(c4ccccc4)C(c4ccc(C)cc4)C3C2=O)sc(C)c1C. The molecule has 2 aromatic carbocycles. The van der Waals surface area contributed by atoms with Gasteiger partial charge >= 0.3 is 5.97 Å². The van der Waals surface area contributed by atoms with E-state index in [2.05, 4.69) is 0 Å². The Morgan fingerprint density at radius 3 is 2.29 bits per heavy atom. The van der Waals surface area contributed by atoms with Crippen LogP contribution < -0.4 is 9.96 Å². The van der Waals surface area contributed by atoms with Gasteiger partial charge in [-0.1, -0.05) is 48.0 Å². The highest BCUT2D eigenvalue weighted by atomic mass is 32.1. The minimum atomic E-state index is -0.993. The molecule has 0 spiro atoms. The van der Waals surface area contributed by atoms with Crippen LogP contribution in [0.2, 0.25) is 0 Å². The van der Waals surface area contributed by atoms with Crippen molar-refractivity contribution in [1.82, 2.24) is 0 Å². The number of aryl methyl sites for hydroxylation is 2. The molecule has 5 rings (SSSR count). The lowest BCUT2D eigenvalue weighted by atomic mass is 9.90. The van der Waals surface area contributed by atoms with Gasteiger partial charge in [-0.25, -0.2) is 14.8 Å². The van der Waals surface area contributed by atoms with Crippen LogP contribution in [0.1, 0.15) is 38.0 Å². The second-order valence-corrected chi connectivity index (χ2v) is 9.74. The van der Waals surface area contributed by atoms with Crippen molar-refractivity contribution >= 4 is 39.8 Å². The van der Waals surface area contributed by atoms with Crippen molar-refractivity contribution < 1.29 is 24.0 Å². The Morgan fingerprint density at radius 2 is 1.65 bits per heavy atom. The van der Waals surface area contributed by atoms with Crippen LogP contribution in [-0.4, -0.2) is 31.0 Å². The summed E-state index contributed by atoms with van der Waals surface area (Å²) in [5.74, 6) is -2.19. The first-order valence-electron chi connectivity index (χ1n) is 11.0. The molecule has 2 fully saturated rings. The molecular weight excluding hydrogens is 452 g/mol. The number of thiophene rings is 1. The van der Waals surface area contributed by atoms with Crippen LogP contribution >= 0.6 is 11.3 Å². The fraction of sp³-hybridized carbons (Fsp3) is 0.269. The van der Waals surface area contributed by atoms with E-state index in [9.17, 15) is 14.4 Å². The number of para-hydroxylation sites is 1. The monoisotopic (exact) mass is 476 g/mol. The van der Waals surface area contributed by atoms with Gasteiger partial charge in [0.25, 0.3) is 5.91 Å². The molecular formula is C26H24N2O5S. The Kier molecular flexibility index (Phi) is 5.50. The molecule has 2 amide bonds. The number of esters is 1. The number of hydroxylamine groups is 1. The predicted molar refractivity (Wildman–Crippen MR) is 129 cm³/mol. The van der Waals surface area contributed by atoms with Gasteiger partial charge in [0, 0.05) is 4.88 Å². The quantitative estimate of drug-likeness (QED) is 0.407. The average Bonchev–Trinajstić information content (AvgIpc) is 3.45. The Bertz CT molecular complexity index is 1280. The zero-order valence-electron chi connectivity index (χ0n) is 19.3. The molecule has 3 heterocycles. The maximum atomic E-state index is 13.9. The second-order valence-electron chi connectivity index (χ2n) is 8.54. The molecule has 1 aromatic heterocycles. The van der Waals surface area contributed by atoms with E-state index in [0.717, 1.165) is 26.6 Å². The Balaban J connectivity index is 1.61. The van der Waals surface area contributed by atoms with Gasteiger partial charge in [0.05, 0.1) is 24.4 Å². The first kappa shape index (κ1) is 22.3. The Hall–Kier alpha value is -3.49. The van der Waals surface area contributed by atoms with Gasteiger partial charge in [-0.05, 0) is 44.0 Å². The minimum Gasteiger partial charge on any atom is -0.465 e. The van der Waals surface area contributed by atoms with Crippen LogP contribution in [0.3, 0.4) is 0 Å². The number of amides is 2. The summed E-state index contributed by atoms with van der Waals surface area (Å²) in [6, 6.07) is 16.8. The van der Waals surface area contributed by atoms with Gasteiger partial charge in [-0.15, -0.1) is 11.3 Å². The maximum absolute atomic E-state index is 13.9. The number of hydrogen-bond donors (Lipinski definition) is 0. The van der Waals surface area contributed by atoms with Gasteiger partial charge in [-0.3, -0.25) is 14.4 Å². The summed E-state index contributed by atoms with van der Waals surface area (Å²) in [7, 11) is 1.29. The molecule has 7 nitrogen and oxygen atoms in total. The number of imide groups is 1. The molecule has 2 aliphatic heterocycles. The molecule has 34 heavy (non-hydrogen) atoms. The lowest BCUT2D eigenvalue weighted by Gasteiger charge is -2.28. The lowest BCUT2D eigenvalue weighted by Crippen LogP contribution is -2.37. The van der Waals surface area contributed by atoms with Crippen molar-refractivity contribution in [2.45, 2.75) is 32.9 Å². The highest BCUT2D eigenvalue weighted by Gasteiger charge is 2.61. The van der Waals surface area contributed by atoms with Gasteiger partial charge in [0.1, 0.15) is 10.9 Å². The molecule has 8 heteroatoms. The summed E-state index contributed by atoms with van der Waals surface area (Å²) in [6.45, 7) is 5.63. The molecule has 0 bridgehead atoms. The van der Waals surface area contributed by atoms with Crippen molar-refractivity contribution in [3.63, 3.8) is 0 Å². The molecule has 0 saturated carbocycles. The summed E-state index contributed by atoms with van der Waals surface area (Å²) in [4.78, 5) is 48.1. The van der Waals surface area contributed by atoms with Crippen LogP contribution in [0.5, 0.6) is 0 Å². The topological polar surface area (TPSA) is 76.2 Å². The molecule has 3 aromatic rings. The highest BCUT2D eigenvalue weighted by molar-refractivity contribution is 7.17. The van der Waals surface area contributed by atoms with E-state index in [1.165, 1.54) is 18.4 Å². The number of fused-ring (bicyclic) bond motifs is 1. The third-order valence-electron chi connectivity index (χ3n) is 6.50. The van der Waals surface area contributed by atoms with E-state index in [1.807, 2.05) is 68.4 Å². The van der Waals surface area contributed by atoms with Crippen molar-refractivity contribution in [2.75, 3.05) is 17.1 Å². The number of carbonyl (C=O) groups is 3. The number of nitrogens with zero attached hydrogens (tertiary/aromatic N) is 2. The number of anilines is 2. The summed E-state index contributed by atoms with van der Waals surface area (Å²) < 4.78 is 4.95. The Morgan fingerprint density at radius 1 is 0.971 bits per heavy atom. The predicted octanol–water partition coefficient (Wildman–Crippen LogP) is 4.51. The number of methoxy groups -OCH3 is 1. The summed E-state index contributed by atoms with van der Waals surface area (Å²) in [6.07, 6.45) is -0.993. The first-order valence-corrected chi connectivity index (χ1v) is 11.8. The van der Waals surface area contributed by atoms with Crippen LogP contribution in [0.4, 0.5) is 10.7 Å². The van der Waals surface area contributed by atoms with E-state index in [0.29, 0.717) is 10.6 Å². The van der Waals surface area contributed by atoms with E-state index in [-0.39, 0.29) is 11.5 Å². The Labute approximate surface area is 201 Å². The number of carbonyl (C=O) groups excluding carboxylic acids is 3. The van der Waals surface area contributed by atoms with E-state index >= 15 is 0 Å². The van der Waals surface area contributed by atoms with Crippen LogP contribution in [-0.2, 0) is 19.2 Å². The fourth-order valence-electron chi connectivity index (χ4n) is 4.62. The second kappa shape index (κ2) is 8.38. The van der Waals surface area contributed by atoms with Crippen LogP contribution in [0.25, 0.3) is 0 Å². The number of rotatable bonds is 4. The average molecular weight is 477 g/mol. The number of ether oxygens (including phenoxy) is 1. The van der Waals surface area contributed by atoms with Crippen molar-refractivity contribution in [1.29, 1.82) is 0 Å². The van der Waals surface area contributed by atoms with E-state index in [1.54, 1.807) is 12.0 Å². The zero-order chi connectivity index (χ0) is 24.1. The summed E-state index contributed by atoms with van der Waals surface area (Å²) >= 11 is 1.24. The first-order chi connectivity index (χ1) is 16.3. The largest absolute Gasteiger partial charge is 0.465 e. The van der Waals surface area contributed by atoms with Crippen molar-refractivity contribution in [3.05, 3.63) is 81.7 Å². The molecule has 0 N–H and O–H groups in total. The third kappa shape index (κ3) is 3.33. The smallest absolute Gasteiger partial charge is 0.341 e.